The molecular weight excluding hydrogens is 300 g/mol. The van der Waals surface area contributed by atoms with Gasteiger partial charge in [-0.05, 0) is 48.0 Å². The summed E-state index contributed by atoms with van der Waals surface area (Å²) < 4.78 is 0.915. The number of aromatic nitrogens is 1. The first-order chi connectivity index (χ1) is 8.17. The van der Waals surface area contributed by atoms with Gasteiger partial charge in [-0.2, -0.15) is 0 Å². The van der Waals surface area contributed by atoms with Crippen LogP contribution in [0.25, 0.3) is 10.9 Å². The van der Waals surface area contributed by atoms with Crippen LogP contribution in [0.5, 0.6) is 0 Å². The highest BCUT2D eigenvalue weighted by Crippen LogP contribution is 2.32. The Labute approximate surface area is 115 Å². The van der Waals surface area contributed by atoms with Crippen molar-refractivity contribution in [2.75, 3.05) is 18.0 Å². The van der Waals surface area contributed by atoms with Gasteiger partial charge >= 0.3 is 0 Å². The molecule has 0 saturated heterocycles. The lowest BCUT2D eigenvalue weighted by molar-refractivity contribution is 0.867. The van der Waals surface area contributed by atoms with Crippen molar-refractivity contribution in [3.8, 4) is 0 Å². The molecule has 0 atom stereocenters. The highest BCUT2D eigenvalue weighted by Gasteiger charge is 2.08. The van der Waals surface area contributed by atoms with Crippen LogP contribution in [-0.4, -0.2) is 18.1 Å². The summed E-state index contributed by atoms with van der Waals surface area (Å²) in [6, 6.07) is 6.26. The molecule has 1 aromatic carbocycles. The van der Waals surface area contributed by atoms with Gasteiger partial charge in [-0.1, -0.05) is 11.6 Å². The van der Waals surface area contributed by atoms with Crippen molar-refractivity contribution in [3.63, 3.8) is 0 Å². The molecule has 2 aromatic rings. The van der Waals surface area contributed by atoms with Crippen LogP contribution < -0.4 is 4.90 Å². The lowest BCUT2D eigenvalue weighted by atomic mass is 10.2. The number of anilines is 1. The molecule has 0 spiro atoms. The molecule has 1 aromatic heterocycles. The third-order valence-electron chi connectivity index (χ3n) is 2.87. The third-order valence-corrected chi connectivity index (χ3v) is 4.24. The molecule has 90 valence electrons. The van der Waals surface area contributed by atoms with Crippen LogP contribution in [0.15, 0.2) is 28.9 Å². The quantitative estimate of drug-likeness (QED) is 0.829. The predicted octanol–water partition coefficient (Wildman–Crippen LogP) is 4.50. The van der Waals surface area contributed by atoms with Crippen molar-refractivity contribution in [2.45, 2.75) is 13.8 Å². The van der Waals surface area contributed by atoms with Gasteiger partial charge in [-0.15, -0.1) is 0 Å². The highest BCUT2D eigenvalue weighted by atomic mass is 79.9. The van der Waals surface area contributed by atoms with Gasteiger partial charge in [0.2, 0.25) is 0 Å². The maximum atomic E-state index is 6.06. The summed E-state index contributed by atoms with van der Waals surface area (Å²) in [7, 11) is 0. The number of pyridine rings is 1. The third kappa shape index (κ3) is 2.40. The molecule has 2 rings (SSSR count). The van der Waals surface area contributed by atoms with Crippen LogP contribution in [0.2, 0.25) is 5.02 Å². The Morgan fingerprint density at radius 2 is 2.00 bits per heavy atom. The van der Waals surface area contributed by atoms with E-state index in [0.717, 1.165) is 28.5 Å². The molecule has 0 amide bonds. The molecule has 0 aliphatic carbocycles. The zero-order valence-corrected chi connectivity index (χ0v) is 12.2. The van der Waals surface area contributed by atoms with Crippen LogP contribution in [-0.2, 0) is 0 Å². The van der Waals surface area contributed by atoms with E-state index < -0.39 is 0 Å². The lowest BCUT2D eigenvalue weighted by Crippen LogP contribution is -2.21. The standard InChI is InChI=1S/C13H14BrClN2/c1-3-17(4-2)9-5-6-12-10(7-9)13(14)11(15)8-16-12/h5-8H,3-4H2,1-2H3. The van der Waals surface area contributed by atoms with Crippen molar-refractivity contribution in [3.05, 3.63) is 33.9 Å². The topological polar surface area (TPSA) is 16.1 Å². The summed E-state index contributed by atoms with van der Waals surface area (Å²) in [4.78, 5) is 6.61. The number of benzene rings is 1. The average Bonchev–Trinajstić information content (AvgIpc) is 2.36. The first kappa shape index (κ1) is 12.7. The molecule has 0 aliphatic heterocycles. The maximum absolute atomic E-state index is 6.06. The molecule has 0 saturated carbocycles. The van der Waals surface area contributed by atoms with Crippen molar-refractivity contribution in [1.82, 2.24) is 4.98 Å². The van der Waals surface area contributed by atoms with Gasteiger partial charge in [0.15, 0.2) is 0 Å². The normalized spacial score (nSPS) is 10.8. The Kier molecular flexibility index (Phi) is 3.89. The van der Waals surface area contributed by atoms with Crippen LogP contribution in [0.1, 0.15) is 13.8 Å². The summed E-state index contributed by atoms with van der Waals surface area (Å²) in [6.07, 6.45) is 1.67. The Morgan fingerprint density at radius 1 is 1.29 bits per heavy atom. The fraction of sp³-hybridized carbons (Fsp3) is 0.308. The van der Waals surface area contributed by atoms with E-state index in [-0.39, 0.29) is 0 Å². The molecule has 4 heteroatoms. The Bertz CT molecular complexity index is 538. The first-order valence-corrected chi connectivity index (χ1v) is 6.83. The Hall–Kier alpha value is -0.800. The molecule has 0 bridgehead atoms. The number of halogens is 2. The number of fused-ring (bicyclic) bond motifs is 1. The number of rotatable bonds is 3. The Morgan fingerprint density at radius 3 is 2.65 bits per heavy atom. The highest BCUT2D eigenvalue weighted by molar-refractivity contribution is 9.10. The van der Waals surface area contributed by atoms with Crippen LogP contribution in [0.3, 0.4) is 0 Å². The maximum Gasteiger partial charge on any atom is 0.0737 e. The summed E-state index contributed by atoms with van der Waals surface area (Å²) in [5.74, 6) is 0. The van der Waals surface area contributed by atoms with E-state index in [1.807, 2.05) is 6.07 Å². The number of nitrogens with zero attached hydrogens (tertiary/aromatic N) is 2. The molecule has 0 N–H and O–H groups in total. The first-order valence-electron chi connectivity index (χ1n) is 5.66. The molecule has 0 unspecified atom stereocenters. The molecular formula is C13H14BrClN2. The Balaban J connectivity index is 2.59. The number of hydrogen-bond donors (Lipinski definition) is 0. The van der Waals surface area contributed by atoms with E-state index in [2.05, 4.69) is 51.8 Å². The van der Waals surface area contributed by atoms with Gasteiger partial charge in [0.1, 0.15) is 0 Å². The summed E-state index contributed by atoms with van der Waals surface area (Å²) >= 11 is 9.58. The van der Waals surface area contributed by atoms with Crippen molar-refractivity contribution < 1.29 is 0 Å². The van der Waals surface area contributed by atoms with Gasteiger partial charge in [0.05, 0.1) is 10.5 Å². The molecule has 17 heavy (non-hydrogen) atoms. The molecule has 2 nitrogen and oxygen atoms in total. The predicted molar refractivity (Wildman–Crippen MR) is 78.0 cm³/mol. The van der Waals surface area contributed by atoms with Crippen LogP contribution >= 0.6 is 27.5 Å². The van der Waals surface area contributed by atoms with Crippen LogP contribution in [0, 0.1) is 0 Å². The second kappa shape index (κ2) is 5.23. The second-order valence-corrected chi connectivity index (χ2v) is 4.99. The summed E-state index contributed by atoms with van der Waals surface area (Å²) in [6.45, 7) is 6.29. The average molecular weight is 314 g/mol. The zero-order valence-electron chi connectivity index (χ0n) is 9.87. The fourth-order valence-corrected chi connectivity index (χ4v) is 2.48. The molecule has 1 heterocycles. The lowest BCUT2D eigenvalue weighted by Gasteiger charge is -2.21. The van der Waals surface area contributed by atoms with E-state index >= 15 is 0 Å². The minimum Gasteiger partial charge on any atom is -0.372 e. The minimum atomic E-state index is 0.647. The molecule has 0 aliphatic rings. The van der Waals surface area contributed by atoms with E-state index in [0.29, 0.717) is 5.02 Å². The van der Waals surface area contributed by atoms with Crippen molar-refractivity contribution in [1.29, 1.82) is 0 Å². The number of hydrogen-bond acceptors (Lipinski definition) is 2. The van der Waals surface area contributed by atoms with Gasteiger partial charge in [0, 0.05) is 34.8 Å². The van der Waals surface area contributed by atoms with Gasteiger partial charge in [0.25, 0.3) is 0 Å². The van der Waals surface area contributed by atoms with Gasteiger partial charge in [-0.3, -0.25) is 4.98 Å². The van der Waals surface area contributed by atoms with E-state index in [1.165, 1.54) is 5.69 Å². The SMILES string of the molecule is CCN(CC)c1ccc2ncc(Cl)c(Br)c2c1. The molecule has 0 fully saturated rings. The second-order valence-electron chi connectivity index (χ2n) is 3.79. The van der Waals surface area contributed by atoms with Crippen LogP contribution in [0.4, 0.5) is 5.69 Å². The van der Waals surface area contributed by atoms with Gasteiger partial charge < -0.3 is 4.90 Å². The van der Waals surface area contributed by atoms with Gasteiger partial charge in [-0.25, -0.2) is 0 Å². The summed E-state index contributed by atoms with van der Waals surface area (Å²) in [5.41, 5.74) is 2.16. The summed E-state index contributed by atoms with van der Waals surface area (Å²) in [5, 5.41) is 1.70. The van der Waals surface area contributed by atoms with E-state index in [9.17, 15) is 0 Å². The fourth-order valence-electron chi connectivity index (χ4n) is 1.91. The smallest absolute Gasteiger partial charge is 0.0737 e. The largest absolute Gasteiger partial charge is 0.372 e. The van der Waals surface area contributed by atoms with Crippen molar-refractivity contribution >= 4 is 44.1 Å². The van der Waals surface area contributed by atoms with E-state index in [4.69, 9.17) is 11.6 Å². The van der Waals surface area contributed by atoms with E-state index in [1.54, 1.807) is 6.20 Å². The zero-order chi connectivity index (χ0) is 12.4. The van der Waals surface area contributed by atoms with Crippen molar-refractivity contribution in [2.24, 2.45) is 0 Å². The monoisotopic (exact) mass is 312 g/mol. The molecule has 0 radical (unpaired) electrons. The minimum absolute atomic E-state index is 0.647.